The summed E-state index contributed by atoms with van der Waals surface area (Å²) in [4.78, 5) is 145. The SMILES string of the molecule is CC(C)CC(NC(=O)OC(C)(C)C)C(=O)NC(CC(C)C)C(=O)NC(CC(C)C)C(=O)NC(CC(C)C)C(=O)C(CC(C)C)(C(=O)NC(CC(C)C)C(=O)NC(CC(C)C)C(=O)NC(CC(C)C)C(=O)OCc1ccccc1)N(N)C(=O)C(C)C. The molecule has 8 amide bonds. The highest BCUT2D eigenvalue weighted by Crippen LogP contribution is 2.30. The second-order valence-corrected chi connectivity index (χ2v) is 27.7. The number of Topliss-reactive ketones (excluding diaryl/α,β-unsaturated/α-hetero) is 1. The van der Waals surface area contributed by atoms with Gasteiger partial charge in [0, 0.05) is 5.92 Å². The lowest BCUT2D eigenvalue weighted by Gasteiger charge is -2.43. The molecule has 0 fully saturated rings. The molecule has 9 N–H and O–H groups in total. The molecule has 0 radical (unpaired) electrons. The van der Waals surface area contributed by atoms with Crippen LogP contribution in [0, 0.1) is 53.3 Å². The van der Waals surface area contributed by atoms with Gasteiger partial charge in [0.1, 0.15) is 48.5 Å². The fourth-order valence-corrected chi connectivity index (χ4v) is 9.80. The largest absolute Gasteiger partial charge is 0.459 e. The number of hydrogen-bond acceptors (Lipinski definition) is 13. The molecule has 85 heavy (non-hydrogen) atoms. The molecule has 0 saturated heterocycles. The second kappa shape index (κ2) is 36.1. The molecule has 0 aliphatic rings. The Morgan fingerprint density at radius 2 is 0.753 bits per heavy atom. The van der Waals surface area contributed by atoms with Gasteiger partial charge in [-0.1, -0.05) is 155 Å². The number of carbonyl (C=O) groups excluding carboxylic acids is 10. The lowest BCUT2D eigenvalue weighted by atomic mass is 9.77. The highest BCUT2D eigenvalue weighted by atomic mass is 16.6. The molecule has 1 rings (SSSR count). The third kappa shape index (κ3) is 27.9. The van der Waals surface area contributed by atoms with Gasteiger partial charge in [-0.3, -0.25) is 43.4 Å². The third-order valence-electron chi connectivity index (χ3n) is 13.6. The van der Waals surface area contributed by atoms with E-state index in [1.165, 1.54) is 0 Å². The van der Waals surface area contributed by atoms with Crippen molar-refractivity contribution in [1.29, 1.82) is 0 Å². The van der Waals surface area contributed by atoms with Gasteiger partial charge < -0.3 is 46.7 Å². The van der Waals surface area contributed by atoms with Crippen LogP contribution in [0.4, 0.5) is 4.79 Å². The molecule has 1 aromatic carbocycles. The number of nitrogens with two attached hydrogens (primary N) is 1. The number of ether oxygens (including phenoxy) is 2. The van der Waals surface area contributed by atoms with Crippen LogP contribution in [0.25, 0.3) is 0 Å². The highest BCUT2D eigenvalue weighted by molar-refractivity contribution is 6.16. The maximum absolute atomic E-state index is 15.9. The van der Waals surface area contributed by atoms with Gasteiger partial charge in [0.25, 0.3) is 5.91 Å². The molecule has 21 nitrogen and oxygen atoms in total. The summed E-state index contributed by atoms with van der Waals surface area (Å²) in [7, 11) is 0. The number of ketones is 1. The van der Waals surface area contributed by atoms with Crippen LogP contribution in [0.3, 0.4) is 0 Å². The maximum Gasteiger partial charge on any atom is 0.408 e. The number of hydrogen-bond donors (Lipinski definition) is 8. The Hall–Kier alpha value is -6.12. The van der Waals surface area contributed by atoms with Crippen molar-refractivity contribution in [2.75, 3.05) is 0 Å². The summed E-state index contributed by atoms with van der Waals surface area (Å²) in [6, 6.07) is 0.408. The fourth-order valence-electron chi connectivity index (χ4n) is 9.80. The smallest absolute Gasteiger partial charge is 0.408 e. The van der Waals surface area contributed by atoms with Crippen molar-refractivity contribution in [3.63, 3.8) is 0 Å². The van der Waals surface area contributed by atoms with Gasteiger partial charge in [0.05, 0.1) is 6.04 Å². The molecule has 0 bridgehead atoms. The first-order valence-electron chi connectivity index (χ1n) is 30.9. The first-order chi connectivity index (χ1) is 39.2. The van der Waals surface area contributed by atoms with Crippen LogP contribution in [0.15, 0.2) is 30.3 Å². The van der Waals surface area contributed by atoms with Crippen LogP contribution in [-0.2, 0) is 59.2 Å². The van der Waals surface area contributed by atoms with Crippen molar-refractivity contribution in [1.82, 2.24) is 42.2 Å². The molecule has 8 unspecified atom stereocenters. The Morgan fingerprint density at radius 1 is 0.435 bits per heavy atom. The highest BCUT2D eigenvalue weighted by Gasteiger charge is 2.56. The number of benzene rings is 1. The normalized spacial score (nSPS) is 15.1. The predicted molar refractivity (Wildman–Crippen MR) is 330 cm³/mol. The van der Waals surface area contributed by atoms with Crippen LogP contribution in [0.2, 0.25) is 0 Å². The van der Waals surface area contributed by atoms with Gasteiger partial charge in [0.2, 0.25) is 35.4 Å². The molecule has 1 aromatic rings. The van der Waals surface area contributed by atoms with Gasteiger partial charge in [-0.15, -0.1) is 0 Å². The summed E-state index contributed by atoms with van der Waals surface area (Å²) in [5.41, 5.74) is -2.64. The minimum Gasteiger partial charge on any atom is -0.459 e. The van der Waals surface area contributed by atoms with Crippen LogP contribution >= 0.6 is 0 Å². The van der Waals surface area contributed by atoms with E-state index < -0.39 is 124 Å². The number of hydrazine groups is 1. The quantitative estimate of drug-likeness (QED) is 0.0106. The molecule has 21 heteroatoms. The van der Waals surface area contributed by atoms with E-state index in [9.17, 15) is 38.4 Å². The lowest BCUT2D eigenvalue weighted by molar-refractivity contribution is -0.161. The molecular formula is C64H111N9O12. The third-order valence-corrected chi connectivity index (χ3v) is 13.6. The molecule has 0 heterocycles. The number of nitrogens with zero attached hydrogens (tertiary/aromatic N) is 1. The Morgan fingerprint density at radius 3 is 1.09 bits per heavy atom. The van der Waals surface area contributed by atoms with Crippen molar-refractivity contribution < 1.29 is 57.4 Å². The average Bonchev–Trinajstić information content (AvgIpc) is 3.00. The van der Waals surface area contributed by atoms with Gasteiger partial charge in [-0.05, 0) is 125 Å². The summed E-state index contributed by atoms with van der Waals surface area (Å²) >= 11 is 0. The number of nitrogens with one attached hydrogen (secondary N) is 7. The van der Waals surface area contributed by atoms with E-state index in [1.807, 2.05) is 113 Å². The number of rotatable bonds is 36. The minimum absolute atomic E-state index is 0.00363. The fraction of sp³-hybridized carbons (Fsp3) is 0.750. The summed E-state index contributed by atoms with van der Waals surface area (Å²) in [5.74, 6) is -2.65. The topological polar surface area (TPSA) is 303 Å². The van der Waals surface area contributed by atoms with E-state index >= 15 is 9.59 Å². The van der Waals surface area contributed by atoms with Gasteiger partial charge >= 0.3 is 12.1 Å². The molecule has 0 aromatic heterocycles. The van der Waals surface area contributed by atoms with Crippen LogP contribution < -0.4 is 43.1 Å². The molecule has 0 saturated carbocycles. The molecule has 8 atom stereocenters. The summed E-state index contributed by atoms with van der Waals surface area (Å²) in [6.07, 6.45) is -0.389. The van der Waals surface area contributed by atoms with E-state index in [0.717, 1.165) is 5.56 Å². The van der Waals surface area contributed by atoms with Crippen molar-refractivity contribution >= 4 is 59.2 Å². The Balaban J connectivity index is 3.96. The van der Waals surface area contributed by atoms with Gasteiger partial charge in [-0.2, -0.15) is 0 Å². The lowest BCUT2D eigenvalue weighted by Crippen LogP contribution is -2.73. The van der Waals surface area contributed by atoms with Crippen molar-refractivity contribution in [2.45, 2.75) is 257 Å². The van der Waals surface area contributed by atoms with Crippen LogP contribution in [0.1, 0.15) is 202 Å². The average molecular weight is 1200 g/mol. The number of carbonyl (C=O) groups is 10. The van der Waals surface area contributed by atoms with E-state index in [1.54, 1.807) is 62.3 Å². The molecule has 0 spiro atoms. The molecule has 484 valence electrons. The first-order valence-corrected chi connectivity index (χ1v) is 30.9. The number of alkyl carbamates (subject to hydrolysis) is 1. The van der Waals surface area contributed by atoms with E-state index in [-0.39, 0.29) is 99.4 Å². The molecule has 0 aliphatic heterocycles. The van der Waals surface area contributed by atoms with Crippen LogP contribution in [-0.4, -0.2) is 118 Å². The van der Waals surface area contributed by atoms with Crippen molar-refractivity contribution in [2.24, 2.45) is 59.1 Å². The number of amides is 8. The minimum atomic E-state index is -2.56. The second-order valence-electron chi connectivity index (χ2n) is 27.7. The predicted octanol–water partition coefficient (Wildman–Crippen LogP) is 7.57. The summed E-state index contributed by atoms with van der Waals surface area (Å²) < 4.78 is 11.1. The summed E-state index contributed by atoms with van der Waals surface area (Å²) in [5, 5.41) is 20.2. The van der Waals surface area contributed by atoms with E-state index in [4.69, 9.17) is 15.3 Å². The zero-order valence-electron chi connectivity index (χ0n) is 55.4. The standard InChI is InChI=1S/C64H111N9O12/c1-36(2)27-46(66-54(75)47(28-37(3)4)67-55(76)48(29-38(5)6)69-58(79)51(32-41(11)12)72-62(83)85-63(19,20)21)53(74)64(34-43(15)16,73(65)59(80)44(17)18)61(82)71-50(31-40(9)10)57(78)68-49(30-39(7)8)56(77)70-52(33-42(13)14)60(81)84-35-45-25-23-22-24-26-45/h22-26,36-44,46-52H,27-35,65H2,1-21H3,(H,66,75)(H,67,76)(H,68,78)(H,69,79)(H,70,77)(H,71,82)(H,72,83). The maximum atomic E-state index is 15.9. The molecular weight excluding hydrogens is 1090 g/mol. The van der Waals surface area contributed by atoms with E-state index in [0.29, 0.717) is 5.01 Å². The zero-order valence-corrected chi connectivity index (χ0v) is 55.4. The van der Waals surface area contributed by atoms with Gasteiger partial charge in [0.15, 0.2) is 11.3 Å². The van der Waals surface area contributed by atoms with Crippen molar-refractivity contribution in [3.8, 4) is 0 Å². The number of esters is 1. The van der Waals surface area contributed by atoms with Crippen LogP contribution in [0.5, 0.6) is 0 Å². The zero-order chi connectivity index (χ0) is 65.4. The van der Waals surface area contributed by atoms with Crippen molar-refractivity contribution in [3.05, 3.63) is 35.9 Å². The monoisotopic (exact) mass is 1200 g/mol. The Bertz CT molecular complexity index is 2330. The Kier molecular flexibility index (Phi) is 32.7. The Labute approximate surface area is 508 Å². The van der Waals surface area contributed by atoms with Gasteiger partial charge in [-0.25, -0.2) is 15.4 Å². The molecule has 0 aliphatic carbocycles. The first kappa shape index (κ1) is 76.9. The summed E-state index contributed by atoms with van der Waals surface area (Å²) in [6.45, 7) is 37.6. The van der Waals surface area contributed by atoms with E-state index in [2.05, 4.69) is 37.2 Å².